The molecule has 2 aromatic carbocycles. The third kappa shape index (κ3) is 4.11. The van der Waals surface area contributed by atoms with Crippen molar-refractivity contribution in [2.75, 3.05) is 11.9 Å². The van der Waals surface area contributed by atoms with Gasteiger partial charge >= 0.3 is 0 Å². The molecular formula is C23H26N2O2. The zero-order valence-corrected chi connectivity index (χ0v) is 16.0. The second-order valence-corrected chi connectivity index (χ2v) is 7.39. The van der Waals surface area contributed by atoms with Crippen LogP contribution in [-0.2, 0) is 10.2 Å². The smallest absolute Gasteiger partial charge is 0.251 e. The number of anilines is 1. The van der Waals surface area contributed by atoms with Crippen molar-refractivity contribution < 1.29 is 9.59 Å². The van der Waals surface area contributed by atoms with E-state index in [-0.39, 0.29) is 17.2 Å². The van der Waals surface area contributed by atoms with Crippen LogP contribution in [0.5, 0.6) is 0 Å². The fourth-order valence-electron chi connectivity index (χ4n) is 3.53. The number of hydrogen-bond donors (Lipinski definition) is 2. The molecule has 1 aliphatic rings. The van der Waals surface area contributed by atoms with E-state index in [9.17, 15) is 9.59 Å². The number of rotatable bonds is 6. The van der Waals surface area contributed by atoms with Crippen LogP contribution in [0.15, 0.2) is 55.1 Å². The second-order valence-electron chi connectivity index (χ2n) is 7.39. The highest BCUT2D eigenvalue weighted by Gasteiger charge is 2.39. The van der Waals surface area contributed by atoms with Gasteiger partial charge in [-0.05, 0) is 67.7 Å². The fourth-order valence-corrected chi connectivity index (χ4v) is 3.53. The highest BCUT2D eigenvalue weighted by molar-refractivity contribution is 6.00. The Kier molecular flexibility index (Phi) is 5.45. The number of carbonyl (C=O) groups is 2. The molecule has 0 heterocycles. The van der Waals surface area contributed by atoms with Crippen molar-refractivity contribution in [1.82, 2.24) is 5.32 Å². The summed E-state index contributed by atoms with van der Waals surface area (Å²) in [6.07, 6.45) is 4.57. The first-order valence-electron chi connectivity index (χ1n) is 9.33. The van der Waals surface area contributed by atoms with Gasteiger partial charge in [0.05, 0.1) is 0 Å². The van der Waals surface area contributed by atoms with Gasteiger partial charge in [-0.1, -0.05) is 37.3 Å². The number of carbonyl (C=O) groups excluding carboxylic acids is 2. The molecule has 0 spiro atoms. The summed E-state index contributed by atoms with van der Waals surface area (Å²) < 4.78 is 0. The summed E-state index contributed by atoms with van der Waals surface area (Å²) in [6.45, 7) is 8.31. The van der Waals surface area contributed by atoms with Crippen LogP contribution >= 0.6 is 0 Å². The van der Waals surface area contributed by atoms with E-state index >= 15 is 0 Å². The molecule has 0 saturated heterocycles. The Bertz CT molecular complexity index is 882. The first kappa shape index (κ1) is 18.9. The van der Waals surface area contributed by atoms with Crippen LogP contribution in [0.2, 0.25) is 0 Å². The molecule has 2 aromatic rings. The summed E-state index contributed by atoms with van der Waals surface area (Å²) in [5.41, 5.74) is 5.03. The first-order chi connectivity index (χ1) is 12.9. The maximum absolute atomic E-state index is 12.6. The molecule has 3 rings (SSSR count). The maximum Gasteiger partial charge on any atom is 0.251 e. The number of aryl methyl sites for hydroxylation is 2. The Hall–Kier alpha value is -2.88. The molecule has 0 atom stereocenters. The summed E-state index contributed by atoms with van der Waals surface area (Å²) in [4.78, 5) is 24.1. The fraction of sp³-hybridized carbons (Fsp3) is 0.304. The van der Waals surface area contributed by atoms with Crippen molar-refractivity contribution in [2.45, 2.75) is 38.5 Å². The highest BCUT2D eigenvalue weighted by Crippen LogP contribution is 2.43. The van der Waals surface area contributed by atoms with Gasteiger partial charge in [-0.15, -0.1) is 0 Å². The molecule has 1 saturated carbocycles. The zero-order valence-electron chi connectivity index (χ0n) is 16.0. The normalized spacial score (nSPS) is 14.7. The van der Waals surface area contributed by atoms with Gasteiger partial charge in [0, 0.05) is 23.2 Å². The lowest BCUT2D eigenvalue weighted by Crippen LogP contribution is -2.45. The minimum atomic E-state index is -0.296. The van der Waals surface area contributed by atoms with E-state index < -0.39 is 0 Å². The van der Waals surface area contributed by atoms with Gasteiger partial charge in [0.15, 0.2) is 0 Å². The van der Waals surface area contributed by atoms with Crippen molar-refractivity contribution >= 4 is 17.5 Å². The summed E-state index contributed by atoms with van der Waals surface area (Å²) in [6, 6.07) is 13.6. The first-order valence-corrected chi connectivity index (χ1v) is 9.33. The lowest BCUT2D eigenvalue weighted by molar-refractivity contribution is -0.111. The molecule has 4 nitrogen and oxygen atoms in total. The van der Waals surface area contributed by atoms with Gasteiger partial charge in [0.25, 0.3) is 5.91 Å². The molecule has 27 heavy (non-hydrogen) atoms. The van der Waals surface area contributed by atoms with Crippen molar-refractivity contribution in [2.24, 2.45) is 0 Å². The Balaban J connectivity index is 1.70. The quantitative estimate of drug-likeness (QED) is 0.754. The molecular weight excluding hydrogens is 336 g/mol. The molecule has 140 valence electrons. The molecule has 0 bridgehead atoms. The van der Waals surface area contributed by atoms with E-state index in [1.54, 1.807) is 24.3 Å². The molecule has 1 fully saturated rings. The Morgan fingerprint density at radius 2 is 1.89 bits per heavy atom. The Morgan fingerprint density at radius 3 is 2.52 bits per heavy atom. The van der Waals surface area contributed by atoms with Gasteiger partial charge in [-0.3, -0.25) is 9.59 Å². The van der Waals surface area contributed by atoms with E-state index in [0.717, 1.165) is 12.8 Å². The molecule has 0 aliphatic heterocycles. The van der Waals surface area contributed by atoms with Crippen LogP contribution < -0.4 is 10.6 Å². The molecule has 0 unspecified atom stereocenters. The number of amides is 2. The molecule has 4 heteroatoms. The van der Waals surface area contributed by atoms with E-state index in [1.165, 1.54) is 29.2 Å². The van der Waals surface area contributed by atoms with E-state index in [4.69, 9.17) is 0 Å². The second kappa shape index (κ2) is 7.78. The van der Waals surface area contributed by atoms with Gasteiger partial charge in [-0.25, -0.2) is 0 Å². The maximum atomic E-state index is 12.6. The lowest BCUT2D eigenvalue weighted by atomic mass is 9.64. The third-order valence-corrected chi connectivity index (χ3v) is 5.59. The summed E-state index contributed by atoms with van der Waals surface area (Å²) >= 11 is 0. The number of hydrogen-bond acceptors (Lipinski definition) is 2. The zero-order chi connectivity index (χ0) is 19.4. The summed E-state index contributed by atoms with van der Waals surface area (Å²) in [5, 5.41) is 5.78. The van der Waals surface area contributed by atoms with Gasteiger partial charge in [0.1, 0.15) is 0 Å². The lowest BCUT2D eigenvalue weighted by Gasteiger charge is -2.43. The van der Waals surface area contributed by atoms with Crippen LogP contribution in [0, 0.1) is 13.8 Å². The summed E-state index contributed by atoms with van der Waals surface area (Å²) in [5.74, 6) is -0.421. The van der Waals surface area contributed by atoms with Gasteiger partial charge < -0.3 is 10.6 Å². The Labute approximate surface area is 160 Å². The SMILES string of the molecule is C=CC(=O)Nc1cccc(C(=O)NCC2(c3ccc(C)c(C)c3)CCC2)c1. The summed E-state index contributed by atoms with van der Waals surface area (Å²) in [7, 11) is 0. The molecule has 2 N–H and O–H groups in total. The minimum Gasteiger partial charge on any atom is -0.351 e. The van der Waals surface area contributed by atoms with Crippen molar-refractivity contribution in [3.8, 4) is 0 Å². The number of benzene rings is 2. The molecule has 0 aromatic heterocycles. The van der Waals surface area contributed by atoms with Crippen LogP contribution in [-0.4, -0.2) is 18.4 Å². The van der Waals surface area contributed by atoms with E-state index in [2.05, 4.69) is 49.3 Å². The topological polar surface area (TPSA) is 58.2 Å². The molecule has 2 amide bonds. The van der Waals surface area contributed by atoms with Crippen LogP contribution in [0.3, 0.4) is 0 Å². The van der Waals surface area contributed by atoms with Gasteiger partial charge in [-0.2, -0.15) is 0 Å². The van der Waals surface area contributed by atoms with E-state index in [1.807, 2.05) is 0 Å². The van der Waals surface area contributed by atoms with Crippen molar-refractivity contribution in [1.29, 1.82) is 0 Å². The monoisotopic (exact) mass is 362 g/mol. The Morgan fingerprint density at radius 1 is 1.11 bits per heavy atom. The van der Waals surface area contributed by atoms with Gasteiger partial charge in [0.2, 0.25) is 5.91 Å². The predicted octanol–water partition coefficient (Wildman–Crippen LogP) is 4.28. The molecule has 1 aliphatic carbocycles. The average molecular weight is 362 g/mol. The third-order valence-electron chi connectivity index (χ3n) is 5.59. The largest absolute Gasteiger partial charge is 0.351 e. The van der Waals surface area contributed by atoms with E-state index in [0.29, 0.717) is 17.8 Å². The molecule has 0 radical (unpaired) electrons. The minimum absolute atomic E-state index is 0.0305. The van der Waals surface area contributed by atoms with Crippen molar-refractivity contribution in [3.05, 3.63) is 77.4 Å². The van der Waals surface area contributed by atoms with Crippen LogP contribution in [0.25, 0.3) is 0 Å². The van der Waals surface area contributed by atoms with Crippen LogP contribution in [0.1, 0.15) is 46.3 Å². The predicted molar refractivity (Wildman–Crippen MR) is 109 cm³/mol. The standard InChI is InChI=1S/C23H26N2O2/c1-4-21(26)25-20-8-5-7-18(14-20)22(27)24-15-23(11-6-12-23)19-10-9-16(2)17(3)13-19/h4-5,7-10,13-14H,1,6,11-12,15H2,2-3H3,(H,24,27)(H,25,26). The van der Waals surface area contributed by atoms with Crippen molar-refractivity contribution in [3.63, 3.8) is 0 Å². The highest BCUT2D eigenvalue weighted by atomic mass is 16.2. The van der Waals surface area contributed by atoms with Crippen LogP contribution in [0.4, 0.5) is 5.69 Å². The average Bonchev–Trinajstić information content (AvgIpc) is 2.63. The number of nitrogens with one attached hydrogen (secondary N) is 2.